The molecular weight excluding hydrogens is 293 g/mol. The van der Waals surface area contributed by atoms with Crippen LogP contribution in [0.2, 0.25) is 0 Å². The quantitative estimate of drug-likeness (QED) is 0.303. The zero-order chi connectivity index (χ0) is 15.9. The van der Waals surface area contributed by atoms with E-state index < -0.39 is 40.4 Å². The van der Waals surface area contributed by atoms with Gasteiger partial charge in [0.1, 0.15) is 5.56 Å². The maximum absolute atomic E-state index is 13.6. The molecule has 0 saturated carbocycles. The Bertz CT molecular complexity index is 729. The van der Waals surface area contributed by atoms with Gasteiger partial charge in [0.05, 0.1) is 0 Å². The zero-order valence-electron chi connectivity index (χ0n) is 10.6. The van der Waals surface area contributed by atoms with Crippen LogP contribution in [0, 0.1) is 36.0 Å². The largest absolute Gasteiger partial charge is 0.399 e. The number of carbonyl (C=O) groups excluding carboxylic acids is 1. The highest BCUT2D eigenvalue weighted by Crippen LogP contribution is 2.26. The summed E-state index contributed by atoms with van der Waals surface area (Å²) in [7, 11) is 0. The molecule has 0 atom stereocenters. The molecule has 2 aromatic rings. The number of nitrogens with two attached hydrogens (primary N) is 1. The Balaban J connectivity index is 2.70. The monoisotopic (exact) mass is 301 g/mol. The molecule has 2 aromatic carbocycles. The smallest absolute Gasteiger partial charge is 0.200 e. The van der Waals surface area contributed by atoms with Crippen LogP contribution in [-0.4, -0.2) is 5.78 Å². The molecule has 0 unspecified atom stereocenters. The fourth-order valence-corrected chi connectivity index (χ4v) is 1.88. The van der Waals surface area contributed by atoms with Gasteiger partial charge in [-0.1, -0.05) is 0 Å². The van der Waals surface area contributed by atoms with E-state index in [9.17, 15) is 26.7 Å². The van der Waals surface area contributed by atoms with Gasteiger partial charge in [-0.05, 0) is 30.7 Å². The first-order chi connectivity index (χ1) is 9.75. The molecular formula is C14H8F5NO. The Labute approximate surface area is 116 Å². The molecule has 2 nitrogen and oxygen atoms in total. The van der Waals surface area contributed by atoms with Gasteiger partial charge >= 0.3 is 0 Å². The lowest BCUT2D eigenvalue weighted by Gasteiger charge is -2.09. The maximum Gasteiger partial charge on any atom is 0.200 e. The van der Waals surface area contributed by atoms with Gasteiger partial charge in [-0.2, -0.15) is 0 Å². The normalized spacial score (nSPS) is 10.8. The van der Waals surface area contributed by atoms with Crippen LogP contribution in [0.15, 0.2) is 18.2 Å². The van der Waals surface area contributed by atoms with Crippen LogP contribution in [0.1, 0.15) is 21.5 Å². The lowest BCUT2D eigenvalue weighted by Crippen LogP contribution is -2.14. The van der Waals surface area contributed by atoms with Crippen molar-refractivity contribution in [2.75, 3.05) is 5.73 Å². The predicted octanol–water partition coefficient (Wildman–Crippen LogP) is 3.50. The summed E-state index contributed by atoms with van der Waals surface area (Å²) in [5.41, 5.74) is 4.32. The van der Waals surface area contributed by atoms with E-state index in [4.69, 9.17) is 5.73 Å². The van der Waals surface area contributed by atoms with Gasteiger partial charge in [0.25, 0.3) is 0 Å². The third kappa shape index (κ3) is 2.35. The standard InChI is InChI=1S/C14H8F5NO/c1-5-4-6(20)2-3-7(5)14(21)8-9(15)11(17)13(19)12(18)10(8)16/h2-4H,20H2,1H3. The van der Waals surface area contributed by atoms with Gasteiger partial charge in [0.2, 0.25) is 5.82 Å². The van der Waals surface area contributed by atoms with E-state index in [1.54, 1.807) is 0 Å². The van der Waals surface area contributed by atoms with E-state index in [2.05, 4.69) is 0 Å². The van der Waals surface area contributed by atoms with Crippen molar-refractivity contribution in [3.8, 4) is 0 Å². The van der Waals surface area contributed by atoms with Crippen molar-refractivity contribution >= 4 is 11.5 Å². The first-order valence-corrected chi connectivity index (χ1v) is 5.68. The van der Waals surface area contributed by atoms with Crippen LogP contribution in [0.5, 0.6) is 0 Å². The van der Waals surface area contributed by atoms with Crippen molar-refractivity contribution in [3.05, 3.63) is 64.0 Å². The maximum atomic E-state index is 13.6. The lowest BCUT2D eigenvalue weighted by atomic mass is 9.97. The van der Waals surface area contributed by atoms with E-state index in [0.29, 0.717) is 5.69 Å². The number of rotatable bonds is 2. The average molecular weight is 301 g/mol. The summed E-state index contributed by atoms with van der Waals surface area (Å²) >= 11 is 0. The topological polar surface area (TPSA) is 43.1 Å². The number of ketones is 1. The fraction of sp³-hybridized carbons (Fsp3) is 0.0714. The highest BCUT2D eigenvalue weighted by Gasteiger charge is 2.30. The van der Waals surface area contributed by atoms with E-state index >= 15 is 0 Å². The average Bonchev–Trinajstić information content (AvgIpc) is 2.43. The second-order valence-electron chi connectivity index (χ2n) is 4.35. The van der Waals surface area contributed by atoms with E-state index in [1.807, 2.05) is 0 Å². The molecule has 0 heterocycles. The highest BCUT2D eigenvalue weighted by atomic mass is 19.2. The van der Waals surface area contributed by atoms with Gasteiger partial charge < -0.3 is 5.73 Å². The summed E-state index contributed by atoms with van der Waals surface area (Å²) in [6.45, 7) is 1.43. The van der Waals surface area contributed by atoms with Crippen LogP contribution in [-0.2, 0) is 0 Å². The Kier molecular flexibility index (Phi) is 3.67. The van der Waals surface area contributed by atoms with E-state index in [1.165, 1.54) is 19.1 Å². The van der Waals surface area contributed by atoms with Gasteiger partial charge in [0.15, 0.2) is 29.1 Å². The van der Waals surface area contributed by atoms with Gasteiger partial charge in [-0.25, -0.2) is 22.0 Å². The molecule has 0 fully saturated rings. The third-order valence-electron chi connectivity index (χ3n) is 2.93. The summed E-state index contributed by atoms with van der Waals surface area (Å²) in [4.78, 5) is 12.1. The van der Waals surface area contributed by atoms with Crippen LogP contribution in [0.3, 0.4) is 0 Å². The molecule has 0 saturated heterocycles. The number of hydrogen-bond acceptors (Lipinski definition) is 2. The molecule has 0 aliphatic heterocycles. The summed E-state index contributed by atoms with van der Waals surface area (Å²) in [6, 6.07) is 3.79. The SMILES string of the molecule is Cc1cc(N)ccc1C(=O)c1c(F)c(F)c(F)c(F)c1F. The molecule has 0 amide bonds. The molecule has 110 valence electrons. The summed E-state index contributed by atoms with van der Waals surface area (Å²) in [5, 5.41) is 0. The first kappa shape index (κ1) is 15.0. The number of halogens is 5. The van der Waals surface area contributed by atoms with Crippen molar-refractivity contribution in [1.82, 2.24) is 0 Å². The summed E-state index contributed by atoms with van der Waals surface area (Å²) < 4.78 is 66.3. The molecule has 0 aliphatic carbocycles. The molecule has 2 rings (SSSR count). The summed E-state index contributed by atoms with van der Waals surface area (Å²) in [5.74, 6) is -12.3. The van der Waals surface area contributed by atoms with Crippen molar-refractivity contribution in [1.29, 1.82) is 0 Å². The molecule has 0 aromatic heterocycles. The minimum Gasteiger partial charge on any atom is -0.399 e. The number of anilines is 1. The van der Waals surface area contributed by atoms with Crippen LogP contribution in [0.25, 0.3) is 0 Å². The van der Waals surface area contributed by atoms with Crippen LogP contribution in [0.4, 0.5) is 27.6 Å². The molecule has 21 heavy (non-hydrogen) atoms. The molecule has 7 heteroatoms. The Morgan fingerprint density at radius 1 is 0.905 bits per heavy atom. The van der Waals surface area contributed by atoms with Crippen LogP contribution >= 0.6 is 0 Å². The van der Waals surface area contributed by atoms with Gasteiger partial charge in [0, 0.05) is 11.3 Å². The Morgan fingerprint density at radius 2 is 1.38 bits per heavy atom. The number of nitrogen functional groups attached to an aromatic ring is 1. The van der Waals surface area contributed by atoms with Crippen molar-refractivity contribution < 1.29 is 26.7 Å². The molecule has 0 spiro atoms. The number of aryl methyl sites for hydroxylation is 1. The Hall–Kier alpha value is -2.44. The molecule has 0 radical (unpaired) electrons. The van der Waals surface area contributed by atoms with Crippen molar-refractivity contribution in [2.45, 2.75) is 6.92 Å². The summed E-state index contributed by atoms with van der Waals surface area (Å²) in [6.07, 6.45) is 0. The molecule has 0 aliphatic rings. The minimum atomic E-state index is -2.31. The first-order valence-electron chi connectivity index (χ1n) is 5.68. The second-order valence-corrected chi connectivity index (χ2v) is 4.35. The van der Waals surface area contributed by atoms with Crippen molar-refractivity contribution in [3.63, 3.8) is 0 Å². The highest BCUT2D eigenvalue weighted by molar-refractivity contribution is 6.10. The van der Waals surface area contributed by atoms with E-state index in [-0.39, 0.29) is 11.1 Å². The number of benzene rings is 2. The zero-order valence-corrected chi connectivity index (χ0v) is 10.6. The van der Waals surface area contributed by atoms with Crippen molar-refractivity contribution in [2.24, 2.45) is 0 Å². The predicted molar refractivity (Wildman–Crippen MR) is 65.3 cm³/mol. The number of carbonyl (C=O) groups is 1. The van der Waals surface area contributed by atoms with Gasteiger partial charge in [-0.15, -0.1) is 0 Å². The minimum absolute atomic E-state index is 0.201. The number of hydrogen-bond donors (Lipinski definition) is 1. The molecule has 2 N–H and O–H groups in total. The molecule has 0 bridgehead atoms. The second kappa shape index (κ2) is 5.16. The fourth-order valence-electron chi connectivity index (χ4n) is 1.88. The van der Waals surface area contributed by atoms with E-state index in [0.717, 1.165) is 6.07 Å². The van der Waals surface area contributed by atoms with Crippen LogP contribution < -0.4 is 5.73 Å². The Morgan fingerprint density at radius 3 is 1.86 bits per heavy atom. The third-order valence-corrected chi connectivity index (χ3v) is 2.93. The van der Waals surface area contributed by atoms with Gasteiger partial charge in [-0.3, -0.25) is 4.79 Å². The lowest BCUT2D eigenvalue weighted by molar-refractivity contribution is 0.102.